The van der Waals surface area contributed by atoms with Gasteiger partial charge in [0, 0.05) is 5.92 Å². The molecule has 0 radical (unpaired) electrons. The maximum Gasteiger partial charge on any atom is 0.202 e. The molecule has 0 saturated carbocycles. The molecule has 0 N–H and O–H groups in total. The second-order valence-corrected chi connectivity index (χ2v) is 5.88. The highest BCUT2D eigenvalue weighted by Crippen LogP contribution is 2.35. The topological polar surface area (TPSA) is 42.2 Å². The molecule has 1 heterocycles. The Morgan fingerprint density at radius 2 is 1.70 bits per heavy atom. The van der Waals surface area contributed by atoms with Gasteiger partial charge in [0.1, 0.15) is 5.75 Å². The van der Waals surface area contributed by atoms with E-state index in [-0.39, 0.29) is 12.4 Å². The van der Waals surface area contributed by atoms with Crippen molar-refractivity contribution < 1.29 is 9.47 Å². The van der Waals surface area contributed by atoms with E-state index in [1.54, 1.807) is 0 Å². The lowest BCUT2D eigenvalue weighted by molar-refractivity contribution is -0.205. The Balaban J connectivity index is 2.04. The van der Waals surface area contributed by atoms with Crippen molar-refractivity contribution in [3.63, 3.8) is 0 Å². The smallest absolute Gasteiger partial charge is 0.202 e. The first-order valence-corrected chi connectivity index (χ1v) is 7.31. The van der Waals surface area contributed by atoms with Gasteiger partial charge in [0.05, 0.1) is 18.6 Å². The highest BCUT2D eigenvalue weighted by atomic mass is 16.7. The summed E-state index contributed by atoms with van der Waals surface area (Å²) in [5.74, 6) is 2.28. The van der Waals surface area contributed by atoms with E-state index in [9.17, 15) is 0 Å². The van der Waals surface area contributed by atoms with Crippen molar-refractivity contribution in [2.45, 2.75) is 46.5 Å². The molecule has 1 aromatic rings. The summed E-state index contributed by atoms with van der Waals surface area (Å²) in [7, 11) is 0. The summed E-state index contributed by atoms with van der Waals surface area (Å²) < 4.78 is 12.0. The van der Waals surface area contributed by atoms with Crippen LogP contribution in [0.4, 0.5) is 0 Å². The average molecular weight is 273 g/mol. The first-order chi connectivity index (χ1) is 9.52. The molecule has 1 fully saturated rings. The molecule has 2 rings (SSSR count). The molecule has 1 unspecified atom stereocenters. The lowest BCUT2D eigenvalue weighted by atomic mass is 9.79. The van der Waals surface area contributed by atoms with Crippen LogP contribution < -0.4 is 4.74 Å². The van der Waals surface area contributed by atoms with Crippen LogP contribution in [0, 0.1) is 29.1 Å². The van der Waals surface area contributed by atoms with Crippen molar-refractivity contribution in [1.82, 2.24) is 0 Å². The van der Waals surface area contributed by atoms with E-state index in [1.807, 2.05) is 24.3 Å². The van der Waals surface area contributed by atoms with Gasteiger partial charge in [-0.2, -0.15) is 5.26 Å². The summed E-state index contributed by atoms with van der Waals surface area (Å²) in [6.07, 6.45) is 0.449. The fourth-order valence-corrected chi connectivity index (χ4v) is 2.66. The summed E-state index contributed by atoms with van der Waals surface area (Å²) in [6.45, 7) is 8.79. The summed E-state index contributed by atoms with van der Waals surface area (Å²) in [4.78, 5) is 0. The van der Waals surface area contributed by atoms with E-state index in [0.717, 1.165) is 11.3 Å². The molecule has 3 heteroatoms. The van der Waals surface area contributed by atoms with Gasteiger partial charge in [-0.05, 0) is 36.5 Å². The lowest BCUT2D eigenvalue weighted by Crippen LogP contribution is -2.46. The quantitative estimate of drug-likeness (QED) is 0.841. The first kappa shape index (κ1) is 14.9. The van der Waals surface area contributed by atoms with Crippen LogP contribution in [0.3, 0.4) is 0 Å². The van der Waals surface area contributed by atoms with Crippen LogP contribution in [0.25, 0.3) is 0 Å². The number of rotatable bonds is 3. The molecule has 1 aliphatic rings. The standard InChI is InChI=1S/C17H23NO2/c1-11-12(2)14(4)19-17(13(11)3)20-16-7-5-15(6-8-16)9-10-18/h5-8,11-14,17H,9H2,1-4H3/t11-,12-,13-,14+,17?/m1/s1. The Bertz CT molecular complexity index is 477. The Hall–Kier alpha value is -1.53. The van der Waals surface area contributed by atoms with E-state index < -0.39 is 0 Å². The zero-order chi connectivity index (χ0) is 14.7. The third-order valence-electron chi connectivity index (χ3n) is 4.64. The highest BCUT2D eigenvalue weighted by molar-refractivity contribution is 5.28. The van der Waals surface area contributed by atoms with E-state index >= 15 is 0 Å². The largest absolute Gasteiger partial charge is 0.465 e. The number of hydrogen-bond donors (Lipinski definition) is 0. The van der Waals surface area contributed by atoms with Crippen LogP contribution >= 0.6 is 0 Å². The minimum absolute atomic E-state index is 0.196. The fraction of sp³-hybridized carbons (Fsp3) is 0.588. The van der Waals surface area contributed by atoms with Crippen molar-refractivity contribution in [3.8, 4) is 11.8 Å². The van der Waals surface area contributed by atoms with Crippen molar-refractivity contribution in [2.24, 2.45) is 17.8 Å². The molecule has 5 atom stereocenters. The van der Waals surface area contributed by atoms with Gasteiger partial charge < -0.3 is 9.47 Å². The zero-order valence-electron chi connectivity index (χ0n) is 12.7. The van der Waals surface area contributed by atoms with E-state index in [1.165, 1.54) is 0 Å². The second-order valence-electron chi connectivity index (χ2n) is 5.88. The fourth-order valence-electron chi connectivity index (χ4n) is 2.66. The number of hydrogen-bond acceptors (Lipinski definition) is 3. The molecule has 0 bridgehead atoms. The molecule has 1 saturated heterocycles. The predicted octanol–water partition coefficient (Wildman–Crippen LogP) is 3.78. The Labute approximate surface area is 121 Å². The van der Waals surface area contributed by atoms with Crippen LogP contribution in [0.5, 0.6) is 5.75 Å². The monoisotopic (exact) mass is 273 g/mol. The molecule has 108 valence electrons. The molecule has 1 aliphatic heterocycles. The van der Waals surface area contributed by atoms with Crippen LogP contribution in [-0.4, -0.2) is 12.4 Å². The van der Waals surface area contributed by atoms with Crippen molar-refractivity contribution in [1.29, 1.82) is 5.26 Å². The maximum absolute atomic E-state index is 8.67. The summed E-state index contributed by atoms with van der Waals surface area (Å²) in [6, 6.07) is 9.83. The molecule has 0 aliphatic carbocycles. The van der Waals surface area contributed by atoms with Gasteiger partial charge in [0.2, 0.25) is 6.29 Å². The van der Waals surface area contributed by atoms with Gasteiger partial charge in [-0.25, -0.2) is 0 Å². The van der Waals surface area contributed by atoms with E-state index in [0.29, 0.717) is 24.2 Å². The van der Waals surface area contributed by atoms with Gasteiger partial charge in [-0.1, -0.05) is 32.9 Å². The normalized spacial score (nSPS) is 33.5. The SMILES string of the molecule is C[C@@H]1[C@@H](C)[C@@H](C)C(Oc2ccc(CC#N)cc2)O[C@H]1C. The summed E-state index contributed by atoms with van der Waals surface area (Å²) >= 11 is 0. The van der Waals surface area contributed by atoms with Crippen molar-refractivity contribution in [3.05, 3.63) is 29.8 Å². The minimum atomic E-state index is -0.196. The van der Waals surface area contributed by atoms with E-state index in [2.05, 4.69) is 33.8 Å². The third-order valence-corrected chi connectivity index (χ3v) is 4.64. The van der Waals surface area contributed by atoms with Gasteiger partial charge in [0.15, 0.2) is 0 Å². The Morgan fingerprint density at radius 1 is 1.05 bits per heavy atom. The highest BCUT2D eigenvalue weighted by Gasteiger charge is 2.38. The molecular weight excluding hydrogens is 250 g/mol. The molecule has 3 nitrogen and oxygen atoms in total. The Morgan fingerprint density at radius 3 is 2.30 bits per heavy atom. The van der Waals surface area contributed by atoms with Crippen LogP contribution in [0.15, 0.2) is 24.3 Å². The van der Waals surface area contributed by atoms with E-state index in [4.69, 9.17) is 14.7 Å². The number of ether oxygens (including phenoxy) is 2. The minimum Gasteiger partial charge on any atom is -0.465 e. The number of nitriles is 1. The zero-order valence-corrected chi connectivity index (χ0v) is 12.7. The number of nitrogens with zero attached hydrogens (tertiary/aromatic N) is 1. The molecular formula is C17H23NO2. The molecule has 20 heavy (non-hydrogen) atoms. The predicted molar refractivity (Wildman–Crippen MR) is 78.2 cm³/mol. The molecule has 1 aromatic carbocycles. The van der Waals surface area contributed by atoms with Crippen LogP contribution in [0.1, 0.15) is 33.3 Å². The van der Waals surface area contributed by atoms with Crippen molar-refractivity contribution >= 4 is 0 Å². The maximum atomic E-state index is 8.67. The van der Waals surface area contributed by atoms with Gasteiger partial charge in [-0.3, -0.25) is 0 Å². The third kappa shape index (κ3) is 3.13. The van der Waals surface area contributed by atoms with Gasteiger partial charge >= 0.3 is 0 Å². The molecule has 0 amide bonds. The van der Waals surface area contributed by atoms with Crippen LogP contribution in [0.2, 0.25) is 0 Å². The van der Waals surface area contributed by atoms with Crippen LogP contribution in [-0.2, 0) is 11.2 Å². The first-order valence-electron chi connectivity index (χ1n) is 7.31. The van der Waals surface area contributed by atoms with Gasteiger partial charge in [0.25, 0.3) is 0 Å². The lowest BCUT2D eigenvalue weighted by Gasteiger charge is -2.42. The Kier molecular flexibility index (Phi) is 4.67. The molecule has 0 spiro atoms. The molecule has 0 aromatic heterocycles. The summed E-state index contributed by atoms with van der Waals surface area (Å²) in [5, 5.41) is 8.67. The second kappa shape index (κ2) is 6.28. The van der Waals surface area contributed by atoms with Crippen molar-refractivity contribution in [2.75, 3.05) is 0 Å². The average Bonchev–Trinajstić information content (AvgIpc) is 2.45. The summed E-state index contributed by atoms with van der Waals surface area (Å²) in [5.41, 5.74) is 1.01. The number of benzene rings is 1. The van der Waals surface area contributed by atoms with Gasteiger partial charge in [-0.15, -0.1) is 0 Å².